The quantitative estimate of drug-likeness (QED) is 0.687. The van der Waals surface area contributed by atoms with Gasteiger partial charge in [-0.3, -0.25) is 0 Å². The summed E-state index contributed by atoms with van der Waals surface area (Å²) in [4.78, 5) is 0. The van der Waals surface area contributed by atoms with E-state index in [2.05, 4.69) is 69.3 Å². The van der Waals surface area contributed by atoms with Crippen LogP contribution >= 0.6 is 0 Å². The van der Waals surface area contributed by atoms with Crippen molar-refractivity contribution < 1.29 is 0 Å². The van der Waals surface area contributed by atoms with Crippen molar-refractivity contribution in [1.82, 2.24) is 0 Å². The SMILES string of the molecule is CC1CC(C)(C)CC(c2[c]cccc2)(c2[c]cccc2)C1. The number of rotatable bonds is 2. The van der Waals surface area contributed by atoms with Crippen LogP contribution in [0.4, 0.5) is 0 Å². The van der Waals surface area contributed by atoms with Gasteiger partial charge in [0.1, 0.15) is 0 Å². The minimum atomic E-state index is 0.0592. The maximum atomic E-state index is 3.52. The molecule has 0 N–H and O–H groups in total. The molecule has 1 unspecified atom stereocenters. The van der Waals surface area contributed by atoms with Crippen molar-refractivity contribution in [2.24, 2.45) is 11.3 Å². The van der Waals surface area contributed by atoms with Gasteiger partial charge in [-0.2, -0.15) is 0 Å². The third-order valence-corrected chi connectivity index (χ3v) is 4.83. The highest BCUT2D eigenvalue weighted by Gasteiger charge is 2.45. The van der Waals surface area contributed by atoms with Gasteiger partial charge in [-0.25, -0.2) is 0 Å². The first-order valence-electron chi connectivity index (χ1n) is 7.96. The van der Waals surface area contributed by atoms with E-state index < -0.39 is 0 Å². The summed E-state index contributed by atoms with van der Waals surface area (Å²) in [5, 5.41) is 0. The second-order valence-corrected chi connectivity index (χ2v) is 7.49. The first-order chi connectivity index (χ1) is 10.0. The summed E-state index contributed by atoms with van der Waals surface area (Å²) in [5.74, 6) is 0.718. The first-order valence-corrected chi connectivity index (χ1v) is 7.96. The molecule has 0 aromatic heterocycles. The van der Waals surface area contributed by atoms with Gasteiger partial charge >= 0.3 is 0 Å². The third kappa shape index (κ3) is 2.77. The van der Waals surface area contributed by atoms with Crippen molar-refractivity contribution in [1.29, 1.82) is 0 Å². The van der Waals surface area contributed by atoms with Gasteiger partial charge in [0.05, 0.1) is 0 Å². The average molecular weight is 276 g/mol. The summed E-state index contributed by atoms with van der Waals surface area (Å²) in [6.07, 6.45) is 3.66. The molecule has 3 rings (SSSR count). The van der Waals surface area contributed by atoms with Crippen molar-refractivity contribution in [3.05, 3.63) is 71.8 Å². The van der Waals surface area contributed by atoms with Crippen molar-refractivity contribution in [2.75, 3.05) is 0 Å². The van der Waals surface area contributed by atoms with Crippen LogP contribution in [0.2, 0.25) is 0 Å². The largest absolute Gasteiger partial charge is 0.0624 e. The van der Waals surface area contributed by atoms with Crippen LogP contribution in [0.15, 0.2) is 48.5 Å². The van der Waals surface area contributed by atoms with E-state index in [1.807, 2.05) is 12.1 Å². The van der Waals surface area contributed by atoms with Gasteiger partial charge in [0.15, 0.2) is 0 Å². The van der Waals surface area contributed by atoms with Crippen LogP contribution in [0, 0.1) is 23.5 Å². The summed E-state index contributed by atoms with van der Waals surface area (Å²) in [5.41, 5.74) is 3.06. The Labute approximate surface area is 129 Å². The van der Waals surface area contributed by atoms with Crippen LogP contribution in [0.5, 0.6) is 0 Å². The summed E-state index contributed by atoms with van der Waals surface area (Å²) in [6, 6.07) is 24.0. The van der Waals surface area contributed by atoms with Crippen LogP contribution in [0.3, 0.4) is 0 Å². The Bertz CT molecular complexity index is 540. The second-order valence-electron chi connectivity index (χ2n) is 7.49. The van der Waals surface area contributed by atoms with Gasteiger partial charge in [-0.15, -0.1) is 0 Å². The predicted octanol–water partition coefficient (Wildman–Crippen LogP) is 5.42. The summed E-state index contributed by atoms with van der Waals surface area (Å²) < 4.78 is 0. The Morgan fingerprint density at radius 1 is 0.905 bits per heavy atom. The molecule has 2 aromatic carbocycles. The van der Waals surface area contributed by atoms with Crippen LogP contribution in [-0.4, -0.2) is 0 Å². The standard InChI is InChI=1S/C21H24/c1-17-14-20(2,3)16-21(15-17,18-10-6-4-7-11-18)19-12-8-5-9-13-19/h4-10,12,17H,14-16H2,1-3H3. The molecule has 1 aliphatic rings. The lowest BCUT2D eigenvalue weighted by Crippen LogP contribution is -2.41. The maximum absolute atomic E-state index is 3.52. The van der Waals surface area contributed by atoms with E-state index in [-0.39, 0.29) is 5.41 Å². The molecular weight excluding hydrogens is 252 g/mol. The zero-order valence-corrected chi connectivity index (χ0v) is 13.3. The summed E-state index contributed by atoms with van der Waals surface area (Å²) >= 11 is 0. The minimum Gasteiger partial charge on any atom is -0.0624 e. The van der Waals surface area contributed by atoms with Crippen LogP contribution in [-0.2, 0) is 5.41 Å². The lowest BCUT2D eigenvalue weighted by Gasteiger charge is -2.48. The van der Waals surface area contributed by atoms with Crippen molar-refractivity contribution in [3.63, 3.8) is 0 Å². The number of hydrogen-bond acceptors (Lipinski definition) is 0. The molecule has 1 atom stereocenters. The Morgan fingerprint density at radius 2 is 1.48 bits per heavy atom. The lowest BCUT2D eigenvalue weighted by atomic mass is 9.55. The third-order valence-electron chi connectivity index (χ3n) is 4.83. The fourth-order valence-corrected chi connectivity index (χ4v) is 4.51. The molecule has 1 saturated carbocycles. The highest BCUT2D eigenvalue weighted by molar-refractivity contribution is 5.39. The molecule has 0 heterocycles. The average Bonchev–Trinajstić information content (AvgIpc) is 2.47. The van der Waals surface area contributed by atoms with Gasteiger partial charge in [-0.1, -0.05) is 69.3 Å². The predicted molar refractivity (Wildman–Crippen MR) is 88.1 cm³/mol. The summed E-state index contributed by atoms with van der Waals surface area (Å²) in [6.45, 7) is 7.20. The molecule has 21 heavy (non-hydrogen) atoms. The normalized spacial score (nSPS) is 23.7. The monoisotopic (exact) mass is 276 g/mol. The first kappa shape index (κ1) is 14.4. The smallest absolute Gasteiger partial charge is 0.0222 e. The van der Waals surface area contributed by atoms with Gasteiger partial charge in [0.25, 0.3) is 0 Å². The molecule has 0 spiro atoms. The molecule has 1 fully saturated rings. The fraction of sp³-hybridized carbons (Fsp3) is 0.429. The van der Waals surface area contributed by atoms with E-state index in [1.165, 1.54) is 30.4 Å². The molecule has 0 bridgehead atoms. The van der Waals surface area contributed by atoms with E-state index in [0.29, 0.717) is 5.41 Å². The molecule has 108 valence electrons. The molecule has 0 aliphatic heterocycles. The van der Waals surface area contributed by atoms with E-state index in [4.69, 9.17) is 0 Å². The van der Waals surface area contributed by atoms with Gasteiger partial charge < -0.3 is 0 Å². The summed E-state index contributed by atoms with van der Waals surface area (Å²) in [7, 11) is 0. The topological polar surface area (TPSA) is 0 Å². The molecule has 0 heteroatoms. The van der Waals surface area contributed by atoms with E-state index in [0.717, 1.165) is 5.92 Å². The highest BCUT2D eigenvalue weighted by atomic mass is 14.5. The zero-order chi connectivity index (χ0) is 14.9. The van der Waals surface area contributed by atoms with Crippen molar-refractivity contribution in [2.45, 2.75) is 45.4 Å². The Balaban J connectivity index is 2.16. The highest BCUT2D eigenvalue weighted by Crippen LogP contribution is 2.53. The van der Waals surface area contributed by atoms with Crippen LogP contribution in [0.25, 0.3) is 0 Å². The zero-order valence-electron chi connectivity index (χ0n) is 13.3. The molecule has 2 aromatic rings. The molecule has 2 radical (unpaired) electrons. The van der Waals surface area contributed by atoms with E-state index in [9.17, 15) is 0 Å². The minimum absolute atomic E-state index is 0.0592. The lowest BCUT2D eigenvalue weighted by molar-refractivity contribution is 0.126. The molecule has 0 amide bonds. The molecular formula is C21H24. The second kappa shape index (κ2) is 5.33. The van der Waals surface area contributed by atoms with Gasteiger partial charge in [-0.05, 0) is 53.9 Å². The number of benzene rings is 2. The van der Waals surface area contributed by atoms with Gasteiger partial charge in [0, 0.05) is 5.41 Å². The van der Waals surface area contributed by atoms with E-state index in [1.54, 1.807) is 0 Å². The van der Waals surface area contributed by atoms with Crippen LogP contribution < -0.4 is 0 Å². The number of hydrogen-bond donors (Lipinski definition) is 0. The molecule has 0 nitrogen and oxygen atoms in total. The Hall–Kier alpha value is -1.56. The fourth-order valence-electron chi connectivity index (χ4n) is 4.51. The van der Waals surface area contributed by atoms with Crippen molar-refractivity contribution in [3.8, 4) is 0 Å². The molecule has 1 aliphatic carbocycles. The Kier molecular flexibility index (Phi) is 3.65. The maximum Gasteiger partial charge on any atom is 0.0222 e. The Morgan fingerprint density at radius 3 is 1.90 bits per heavy atom. The van der Waals surface area contributed by atoms with Crippen LogP contribution in [0.1, 0.15) is 51.2 Å². The van der Waals surface area contributed by atoms with Crippen molar-refractivity contribution >= 4 is 0 Å². The van der Waals surface area contributed by atoms with E-state index >= 15 is 0 Å². The van der Waals surface area contributed by atoms with Gasteiger partial charge in [0.2, 0.25) is 0 Å². The molecule has 0 saturated heterocycles.